The van der Waals surface area contributed by atoms with E-state index in [1.54, 1.807) is 0 Å². The van der Waals surface area contributed by atoms with Gasteiger partial charge in [0.15, 0.2) is 11.4 Å². The number of ketones is 2. The van der Waals surface area contributed by atoms with Gasteiger partial charge in [0.05, 0.1) is 17.2 Å². The number of rotatable bonds is 2. The number of fused-ring (bicyclic) bond motifs is 3. The molecular formula is C22H24N2O8. The third-order valence-corrected chi connectivity index (χ3v) is 7.02. The lowest BCUT2D eigenvalue weighted by Gasteiger charge is -2.53. The molecule has 170 valence electrons. The van der Waals surface area contributed by atoms with Gasteiger partial charge in [0.25, 0.3) is 5.91 Å². The van der Waals surface area contributed by atoms with Crippen LogP contribution in [0.25, 0.3) is 5.76 Å². The molecule has 0 bridgehead atoms. The number of benzene rings is 1. The first-order chi connectivity index (χ1) is 14.8. The standard InChI is InChI=1S/C22H24N2O8/c1-21(31)8-5-4-6-11(25)12(8)16(26)13-9(21)7-10-15(24(2)3)17(27)14(20(23)30)19(29)22(10,32)18(13)28/h4-6,9-10,15,25-26,29,31-32H,7H2,1-3H3,(H2,23,30)/t9-,10-,15+,21?,22-/m0/s1. The zero-order chi connectivity index (χ0) is 23.9. The summed E-state index contributed by atoms with van der Waals surface area (Å²) in [4.78, 5) is 40.0. The first kappa shape index (κ1) is 22.0. The van der Waals surface area contributed by atoms with Crippen molar-refractivity contribution in [2.24, 2.45) is 17.6 Å². The van der Waals surface area contributed by atoms with Gasteiger partial charge in [-0.1, -0.05) is 12.1 Å². The molecule has 0 aliphatic heterocycles. The maximum Gasteiger partial charge on any atom is 0.255 e. The van der Waals surface area contributed by atoms with Gasteiger partial charge in [0, 0.05) is 17.4 Å². The summed E-state index contributed by atoms with van der Waals surface area (Å²) in [7, 11) is 3.01. The Bertz CT molecular complexity index is 1150. The van der Waals surface area contributed by atoms with Crippen LogP contribution in [-0.4, -0.2) is 73.6 Å². The van der Waals surface area contributed by atoms with Crippen molar-refractivity contribution in [2.45, 2.75) is 30.6 Å². The summed E-state index contributed by atoms with van der Waals surface area (Å²) in [6.07, 6.45) is -0.200. The summed E-state index contributed by atoms with van der Waals surface area (Å²) in [5, 5.41) is 54.9. The van der Waals surface area contributed by atoms with E-state index in [1.165, 1.54) is 44.1 Å². The van der Waals surface area contributed by atoms with Gasteiger partial charge in [-0.05, 0) is 39.1 Å². The number of amides is 1. The second kappa shape index (κ2) is 6.64. The molecule has 5 atom stereocenters. The molecule has 0 heterocycles. The molecule has 1 fully saturated rings. The predicted molar refractivity (Wildman–Crippen MR) is 110 cm³/mol. The number of aromatic hydroxyl groups is 1. The van der Waals surface area contributed by atoms with E-state index in [-0.39, 0.29) is 17.5 Å². The molecule has 0 aromatic heterocycles. The highest BCUT2D eigenvalue weighted by Gasteiger charge is 2.66. The molecule has 0 spiro atoms. The maximum absolute atomic E-state index is 13.7. The number of nitrogens with zero attached hydrogens (tertiary/aromatic N) is 1. The van der Waals surface area contributed by atoms with Gasteiger partial charge in [0.1, 0.15) is 22.8 Å². The highest BCUT2D eigenvalue weighted by Crippen LogP contribution is 2.57. The van der Waals surface area contributed by atoms with Crippen LogP contribution in [0.2, 0.25) is 0 Å². The Hall–Kier alpha value is -3.21. The molecule has 0 radical (unpaired) electrons. The van der Waals surface area contributed by atoms with Crippen LogP contribution in [0.5, 0.6) is 5.75 Å². The first-order valence-corrected chi connectivity index (χ1v) is 9.97. The van der Waals surface area contributed by atoms with Crippen molar-refractivity contribution in [3.05, 3.63) is 46.2 Å². The molecule has 32 heavy (non-hydrogen) atoms. The Morgan fingerprint density at radius 1 is 1.16 bits per heavy atom. The summed E-state index contributed by atoms with van der Waals surface area (Å²) in [6.45, 7) is 1.40. The van der Waals surface area contributed by atoms with Crippen LogP contribution in [0, 0.1) is 11.8 Å². The van der Waals surface area contributed by atoms with Crippen molar-refractivity contribution in [1.29, 1.82) is 0 Å². The second-order valence-electron chi connectivity index (χ2n) is 8.96. The van der Waals surface area contributed by atoms with E-state index < -0.39 is 75.0 Å². The lowest BCUT2D eigenvalue weighted by molar-refractivity contribution is -0.159. The molecule has 3 aliphatic carbocycles. The summed E-state index contributed by atoms with van der Waals surface area (Å²) < 4.78 is 0. The van der Waals surface area contributed by atoms with Crippen LogP contribution in [-0.2, 0) is 20.0 Å². The largest absolute Gasteiger partial charge is 0.508 e. The van der Waals surface area contributed by atoms with E-state index in [0.717, 1.165) is 0 Å². The van der Waals surface area contributed by atoms with Crippen molar-refractivity contribution < 1.29 is 39.9 Å². The molecule has 3 aliphatic rings. The van der Waals surface area contributed by atoms with E-state index in [9.17, 15) is 39.9 Å². The Kier molecular flexibility index (Phi) is 4.57. The van der Waals surface area contributed by atoms with Gasteiger partial charge in [-0.25, -0.2) is 0 Å². The summed E-state index contributed by atoms with van der Waals surface area (Å²) in [5.41, 5.74) is -0.548. The fourth-order valence-corrected chi connectivity index (χ4v) is 5.50. The molecule has 1 saturated carbocycles. The second-order valence-corrected chi connectivity index (χ2v) is 8.96. The number of hydrogen-bond donors (Lipinski definition) is 6. The molecule has 10 nitrogen and oxygen atoms in total. The Morgan fingerprint density at radius 3 is 2.34 bits per heavy atom. The van der Waals surface area contributed by atoms with Crippen molar-refractivity contribution in [3.8, 4) is 5.75 Å². The summed E-state index contributed by atoms with van der Waals surface area (Å²) in [6, 6.07) is 3.02. The van der Waals surface area contributed by atoms with Crippen LogP contribution in [0.1, 0.15) is 24.5 Å². The summed E-state index contributed by atoms with van der Waals surface area (Å²) in [5.74, 6) is -7.90. The minimum absolute atomic E-state index is 0.170. The van der Waals surface area contributed by atoms with E-state index in [4.69, 9.17) is 5.73 Å². The molecule has 1 amide bonds. The minimum Gasteiger partial charge on any atom is -0.508 e. The maximum atomic E-state index is 13.7. The van der Waals surface area contributed by atoms with Gasteiger partial charge in [0.2, 0.25) is 5.78 Å². The zero-order valence-electron chi connectivity index (χ0n) is 17.7. The normalized spacial score (nSPS) is 34.4. The fraction of sp³-hybridized carbons (Fsp3) is 0.409. The van der Waals surface area contributed by atoms with Crippen molar-refractivity contribution >= 4 is 23.2 Å². The van der Waals surface area contributed by atoms with Gasteiger partial charge < -0.3 is 31.3 Å². The number of nitrogens with two attached hydrogens (primary N) is 1. The minimum atomic E-state index is -2.75. The number of Topliss-reactive ketones (excluding diaryl/α,β-unsaturated/α-hetero) is 2. The van der Waals surface area contributed by atoms with Crippen LogP contribution < -0.4 is 5.73 Å². The number of carbonyl (C=O) groups is 3. The average Bonchev–Trinajstić information content (AvgIpc) is 2.68. The van der Waals surface area contributed by atoms with Crippen LogP contribution in [0.4, 0.5) is 0 Å². The van der Waals surface area contributed by atoms with Crippen LogP contribution in [0.3, 0.4) is 0 Å². The molecule has 1 aromatic carbocycles. The van der Waals surface area contributed by atoms with Crippen molar-refractivity contribution in [1.82, 2.24) is 4.90 Å². The number of primary amides is 1. The highest BCUT2D eigenvalue weighted by molar-refractivity contribution is 6.24. The lowest BCUT2D eigenvalue weighted by atomic mass is 9.54. The first-order valence-electron chi connectivity index (χ1n) is 9.97. The Labute approximate surface area is 182 Å². The number of aliphatic hydroxyl groups is 4. The average molecular weight is 444 g/mol. The molecule has 4 rings (SSSR count). The number of hydrogen-bond acceptors (Lipinski definition) is 9. The van der Waals surface area contributed by atoms with Gasteiger partial charge in [-0.2, -0.15) is 0 Å². The molecule has 7 N–H and O–H groups in total. The topological polar surface area (TPSA) is 182 Å². The highest BCUT2D eigenvalue weighted by atomic mass is 16.3. The smallest absolute Gasteiger partial charge is 0.255 e. The van der Waals surface area contributed by atoms with Crippen LogP contribution >= 0.6 is 0 Å². The number of likely N-dealkylation sites (N-methyl/N-ethyl adjacent to an activating group) is 1. The molecular weight excluding hydrogens is 420 g/mol. The Balaban J connectivity index is 2.05. The molecule has 1 unspecified atom stereocenters. The molecule has 1 aromatic rings. The number of carbonyl (C=O) groups excluding carboxylic acids is 3. The number of aliphatic hydroxyl groups excluding tert-OH is 2. The van der Waals surface area contributed by atoms with Crippen LogP contribution in [0.15, 0.2) is 35.1 Å². The fourth-order valence-electron chi connectivity index (χ4n) is 5.50. The lowest BCUT2D eigenvalue weighted by Crippen LogP contribution is -2.67. The predicted octanol–water partition coefficient (Wildman–Crippen LogP) is -0.371. The number of phenols is 1. The van der Waals surface area contributed by atoms with E-state index >= 15 is 0 Å². The van der Waals surface area contributed by atoms with Crippen molar-refractivity contribution in [3.63, 3.8) is 0 Å². The third-order valence-electron chi connectivity index (χ3n) is 7.02. The SMILES string of the molecule is CN(C)[C@H]1C(=O)C(C(N)=O)=C(O)[C@@]2(O)C(=O)C3=C(O)c4c(O)cccc4C(C)(O)[C@H]3C[C@@H]12. The van der Waals surface area contributed by atoms with Gasteiger partial charge in [-0.3, -0.25) is 19.3 Å². The summed E-state index contributed by atoms with van der Waals surface area (Å²) >= 11 is 0. The van der Waals surface area contributed by atoms with E-state index in [1.807, 2.05) is 0 Å². The number of phenolic OH excluding ortho intramolecular Hbond substituents is 1. The quantitative estimate of drug-likeness (QED) is 0.332. The Morgan fingerprint density at radius 2 is 1.78 bits per heavy atom. The molecule has 10 heteroatoms. The monoisotopic (exact) mass is 444 g/mol. The zero-order valence-corrected chi connectivity index (χ0v) is 17.7. The van der Waals surface area contributed by atoms with E-state index in [2.05, 4.69) is 0 Å². The third kappa shape index (κ3) is 2.48. The van der Waals surface area contributed by atoms with E-state index in [0.29, 0.717) is 0 Å². The molecule has 0 saturated heterocycles. The van der Waals surface area contributed by atoms with Gasteiger partial charge in [-0.15, -0.1) is 0 Å². The van der Waals surface area contributed by atoms with Gasteiger partial charge >= 0.3 is 0 Å². The van der Waals surface area contributed by atoms with Crippen molar-refractivity contribution in [2.75, 3.05) is 14.1 Å².